The summed E-state index contributed by atoms with van der Waals surface area (Å²) in [4.78, 5) is 20.8. The van der Waals surface area contributed by atoms with E-state index in [4.69, 9.17) is 9.72 Å². The molecule has 0 bridgehead atoms. The predicted octanol–water partition coefficient (Wildman–Crippen LogP) is 4.62. The monoisotopic (exact) mass is 500 g/mol. The summed E-state index contributed by atoms with van der Waals surface area (Å²) in [5, 5.41) is 25.4. The molecule has 1 aliphatic carbocycles. The Balaban J connectivity index is 1.33. The number of pyridine rings is 2. The Hall–Kier alpha value is -3.78. The van der Waals surface area contributed by atoms with E-state index in [2.05, 4.69) is 22.2 Å². The van der Waals surface area contributed by atoms with E-state index in [1.807, 2.05) is 18.2 Å². The van der Waals surface area contributed by atoms with E-state index >= 15 is 0 Å². The zero-order valence-corrected chi connectivity index (χ0v) is 21.2. The average Bonchev–Trinajstić information content (AvgIpc) is 3.30. The highest BCUT2D eigenvalue weighted by atomic mass is 16.5. The van der Waals surface area contributed by atoms with Gasteiger partial charge in [0.15, 0.2) is 0 Å². The summed E-state index contributed by atoms with van der Waals surface area (Å²) < 4.78 is 7.73. The minimum Gasteiger partial charge on any atom is -0.493 e. The number of aromatic nitrogens is 4. The van der Waals surface area contributed by atoms with E-state index in [1.165, 1.54) is 24.1 Å². The van der Waals surface area contributed by atoms with Crippen molar-refractivity contribution in [3.63, 3.8) is 0 Å². The summed E-state index contributed by atoms with van der Waals surface area (Å²) in [5.41, 5.74) is 4.64. The van der Waals surface area contributed by atoms with Crippen LogP contribution in [0.2, 0.25) is 0 Å². The largest absolute Gasteiger partial charge is 0.493 e. The van der Waals surface area contributed by atoms with Gasteiger partial charge >= 0.3 is 5.97 Å². The summed E-state index contributed by atoms with van der Waals surface area (Å²) in [6.07, 6.45) is 10.1. The first-order chi connectivity index (χ1) is 17.8. The van der Waals surface area contributed by atoms with Crippen LogP contribution >= 0.6 is 0 Å². The Morgan fingerprint density at radius 1 is 1.11 bits per heavy atom. The van der Waals surface area contributed by atoms with Gasteiger partial charge in [-0.05, 0) is 81.0 Å². The van der Waals surface area contributed by atoms with E-state index in [9.17, 15) is 15.0 Å². The SMILES string of the molecule is CC(C)(O)c1cncc([C@@H](CC(=O)O)n2ncc3cc(OCCc4ccc5c(n4)CCCC5)ccc32)c1. The molecule has 2 N–H and O–H groups in total. The molecule has 0 radical (unpaired) electrons. The zero-order valence-electron chi connectivity index (χ0n) is 21.2. The number of nitrogens with zero attached hydrogens (tertiary/aromatic N) is 4. The smallest absolute Gasteiger partial charge is 0.305 e. The summed E-state index contributed by atoms with van der Waals surface area (Å²) in [7, 11) is 0. The van der Waals surface area contributed by atoms with Crippen LogP contribution < -0.4 is 4.74 Å². The third-order valence-electron chi connectivity index (χ3n) is 6.94. The van der Waals surface area contributed by atoms with Gasteiger partial charge in [-0.15, -0.1) is 0 Å². The van der Waals surface area contributed by atoms with Gasteiger partial charge in [-0.25, -0.2) is 0 Å². The molecule has 1 aliphatic rings. The van der Waals surface area contributed by atoms with Gasteiger partial charge in [-0.1, -0.05) is 6.07 Å². The fourth-order valence-electron chi connectivity index (χ4n) is 4.89. The number of ether oxygens (including phenoxy) is 1. The minimum absolute atomic E-state index is 0.167. The number of carboxylic acid groups (broad SMARTS) is 1. The van der Waals surface area contributed by atoms with Gasteiger partial charge in [0.05, 0.1) is 36.4 Å². The van der Waals surface area contributed by atoms with E-state index < -0.39 is 17.6 Å². The Morgan fingerprint density at radius 3 is 2.76 bits per heavy atom. The molecule has 0 fully saturated rings. The Morgan fingerprint density at radius 2 is 1.95 bits per heavy atom. The summed E-state index contributed by atoms with van der Waals surface area (Å²) in [6.45, 7) is 3.86. The van der Waals surface area contributed by atoms with Crippen molar-refractivity contribution in [2.45, 2.75) is 64.0 Å². The number of hydrogen-bond acceptors (Lipinski definition) is 6. The number of carbonyl (C=O) groups is 1. The lowest BCUT2D eigenvalue weighted by Gasteiger charge is -2.21. The lowest BCUT2D eigenvalue weighted by Crippen LogP contribution is -2.20. The Kier molecular flexibility index (Phi) is 6.93. The maximum Gasteiger partial charge on any atom is 0.305 e. The number of fused-ring (bicyclic) bond motifs is 2. The van der Waals surface area contributed by atoms with Crippen LogP contribution in [0.15, 0.2) is 55.0 Å². The molecule has 0 saturated carbocycles. The van der Waals surface area contributed by atoms with Crippen LogP contribution in [0.4, 0.5) is 0 Å². The van der Waals surface area contributed by atoms with E-state index in [1.54, 1.807) is 43.2 Å². The number of aryl methyl sites for hydroxylation is 2. The second-order valence-corrected chi connectivity index (χ2v) is 10.2. The summed E-state index contributed by atoms with van der Waals surface area (Å²) in [5.74, 6) is -0.219. The van der Waals surface area contributed by atoms with Crippen LogP contribution in [0.25, 0.3) is 10.9 Å². The molecule has 3 heterocycles. The molecule has 1 atom stereocenters. The summed E-state index contributed by atoms with van der Waals surface area (Å²) in [6, 6.07) is 11.2. The standard InChI is InChI=1S/C29H32N4O4/c1-29(2,36)22-13-20(16-30-18-22)27(15-28(34)35)33-26-10-9-24(14-21(26)17-31-33)37-12-11-23-8-7-19-5-3-4-6-25(19)32-23/h7-10,13-14,16-18,27,36H,3-6,11-12,15H2,1-2H3,(H,34,35)/t27-/m1/s1. The molecule has 0 spiro atoms. The lowest BCUT2D eigenvalue weighted by atomic mass is 9.96. The molecular weight excluding hydrogens is 468 g/mol. The Labute approximate surface area is 216 Å². The third-order valence-corrected chi connectivity index (χ3v) is 6.94. The van der Waals surface area contributed by atoms with E-state index in [0.717, 1.165) is 41.6 Å². The molecule has 0 aliphatic heterocycles. The van der Waals surface area contributed by atoms with Crippen molar-refractivity contribution < 1.29 is 19.7 Å². The van der Waals surface area contributed by atoms with Gasteiger partial charge in [0, 0.05) is 41.2 Å². The molecule has 37 heavy (non-hydrogen) atoms. The van der Waals surface area contributed by atoms with E-state index in [-0.39, 0.29) is 6.42 Å². The third kappa shape index (κ3) is 5.64. The topological polar surface area (TPSA) is 110 Å². The highest BCUT2D eigenvalue weighted by Gasteiger charge is 2.24. The molecule has 0 saturated heterocycles. The number of benzene rings is 1. The number of hydrogen-bond donors (Lipinski definition) is 2. The van der Waals surface area contributed by atoms with Crippen LogP contribution in [0, 0.1) is 0 Å². The van der Waals surface area contributed by atoms with Crippen molar-refractivity contribution in [3.8, 4) is 5.75 Å². The van der Waals surface area contributed by atoms with E-state index in [0.29, 0.717) is 17.7 Å². The van der Waals surface area contributed by atoms with Crippen molar-refractivity contribution in [1.82, 2.24) is 19.7 Å². The van der Waals surface area contributed by atoms with Gasteiger partial charge in [0.2, 0.25) is 0 Å². The number of aliphatic carboxylic acids is 1. The van der Waals surface area contributed by atoms with Crippen LogP contribution in [0.1, 0.15) is 67.2 Å². The molecule has 0 amide bonds. The van der Waals surface area contributed by atoms with Crippen LogP contribution in [0.5, 0.6) is 5.75 Å². The molecule has 8 nitrogen and oxygen atoms in total. The first kappa shape index (κ1) is 24.9. The maximum absolute atomic E-state index is 11.7. The van der Waals surface area contributed by atoms with Crippen molar-refractivity contribution >= 4 is 16.9 Å². The van der Waals surface area contributed by atoms with Gasteiger partial charge in [0.25, 0.3) is 0 Å². The highest BCUT2D eigenvalue weighted by Crippen LogP contribution is 2.30. The number of aliphatic hydroxyl groups is 1. The second-order valence-electron chi connectivity index (χ2n) is 10.2. The Bertz CT molecular complexity index is 1420. The van der Waals surface area contributed by atoms with Crippen LogP contribution in [-0.2, 0) is 29.7 Å². The molecular formula is C29H32N4O4. The van der Waals surface area contributed by atoms with Crippen molar-refractivity contribution in [2.75, 3.05) is 6.61 Å². The van der Waals surface area contributed by atoms with Crippen LogP contribution in [0.3, 0.4) is 0 Å². The molecule has 4 aromatic rings. The molecule has 8 heteroatoms. The van der Waals surface area contributed by atoms with Gasteiger partial charge in [-0.2, -0.15) is 5.10 Å². The van der Waals surface area contributed by atoms with Crippen LogP contribution in [-0.4, -0.2) is 42.5 Å². The lowest BCUT2D eigenvalue weighted by molar-refractivity contribution is -0.137. The first-order valence-electron chi connectivity index (χ1n) is 12.8. The van der Waals surface area contributed by atoms with Gasteiger partial charge < -0.3 is 14.9 Å². The predicted molar refractivity (Wildman–Crippen MR) is 140 cm³/mol. The van der Waals surface area contributed by atoms with Gasteiger partial charge in [0.1, 0.15) is 5.75 Å². The molecule has 0 unspecified atom stereocenters. The normalized spacial score (nSPS) is 14.4. The molecule has 192 valence electrons. The number of carboxylic acids is 1. The fourth-order valence-corrected chi connectivity index (χ4v) is 4.89. The molecule has 5 rings (SSSR count). The van der Waals surface area contributed by atoms with Crippen molar-refractivity contribution in [2.24, 2.45) is 0 Å². The van der Waals surface area contributed by atoms with Gasteiger partial charge in [-0.3, -0.25) is 19.4 Å². The van der Waals surface area contributed by atoms with Crippen molar-refractivity contribution in [3.05, 3.63) is 83.1 Å². The summed E-state index contributed by atoms with van der Waals surface area (Å²) >= 11 is 0. The quantitative estimate of drug-likeness (QED) is 0.345. The first-order valence-corrected chi connectivity index (χ1v) is 12.8. The second kappa shape index (κ2) is 10.3. The fraction of sp³-hybridized carbons (Fsp3) is 0.379. The minimum atomic E-state index is -1.09. The molecule has 3 aromatic heterocycles. The molecule has 1 aromatic carbocycles. The van der Waals surface area contributed by atoms with Crippen molar-refractivity contribution in [1.29, 1.82) is 0 Å². The highest BCUT2D eigenvalue weighted by molar-refractivity contribution is 5.81. The maximum atomic E-state index is 11.7. The number of rotatable bonds is 9. The zero-order chi connectivity index (χ0) is 26.0. The average molecular weight is 501 g/mol.